The summed E-state index contributed by atoms with van der Waals surface area (Å²) in [5.74, 6) is 0.172. The predicted molar refractivity (Wildman–Crippen MR) is 119 cm³/mol. The molecule has 0 aromatic heterocycles. The fourth-order valence-electron chi connectivity index (χ4n) is 3.71. The van der Waals surface area contributed by atoms with Gasteiger partial charge in [0.15, 0.2) is 11.5 Å². The highest BCUT2D eigenvalue weighted by Gasteiger charge is 2.14. The molecule has 0 aliphatic rings. The van der Waals surface area contributed by atoms with Crippen molar-refractivity contribution in [1.29, 1.82) is 0 Å². The molecule has 0 atom stereocenters. The molecular formula is C25H44O3. The van der Waals surface area contributed by atoms with Gasteiger partial charge in [-0.3, -0.25) is 0 Å². The molecule has 162 valence electrons. The second-order valence-corrected chi connectivity index (χ2v) is 8.18. The van der Waals surface area contributed by atoms with E-state index >= 15 is 0 Å². The van der Waals surface area contributed by atoms with Crippen LogP contribution >= 0.6 is 0 Å². The van der Waals surface area contributed by atoms with E-state index in [1.54, 1.807) is 12.1 Å². The van der Waals surface area contributed by atoms with E-state index in [1.165, 1.54) is 96.0 Å². The van der Waals surface area contributed by atoms with Gasteiger partial charge in [0.2, 0.25) is 5.75 Å². The summed E-state index contributed by atoms with van der Waals surface area (Å²) in [6.07, 6.45) is 20.3. The molecule has 1 aromatic rings. The van der Waals surface area contributed by atoms with Crippen molar-refractivity contribution in [3.63, 3.8) is 0 Å². The van der Waals surface area contributed by atoms with Crippen LogP contribution in [0.3, 0.4) is 0 Å². The van der Waals surface area contributed by atoms with Gasteiger partial charge in [0.1, 0.15) is 0 Å². The van der Waals surface area contributed by atoms with Crippen LogP contribution < -0.4 is 4.74 Å². The number of rotatable bonds is 18. The minimum Gasteiger partial charge on any atom is -0.504 e. The smallest absolute Gasteiger partial charge is 0.200 e. The number of para-hydroxylation sites is 1. The molecule has 0 spiro atoms. The Kier molecular flexibility index (Phi) is 14.6. The second-order valence-electron chi connectivity index (χ2n) is 8.18. The summed E-state index contributed by atoms with van der Waals surface area (Å²) in [5, 5.41) is 19.8. The molecule has 0 saturated carbocycles. The predicted octanol–water partition coefficient (Wildman–Crippen LogP) is 8.13. The van der Waals surface area contributed by atoms with Gasteiger partial charge in [0, 0.05) is 0 Å². The molecule has 28 heavy (non-hydrogen) atoms. The number of unbranched alkanes of at least 4 members (excludes halogenated alkanes) is 12. The SMILES string of the molecule is CCCCCCCCCC(CCCCCCCCC)Oc1cccc(O)c1O. The fourth-order valence-corrected chi connectivity index (χ4v) is 3.71. The number of phenols is 2. The highest BCUT2D eigenvalue weighted by Crippen LogP contribution is 2.36. The van der Waals surface area contributed by atoms with Crippen molar-refractivity contribution in [1.82, 2.24) is 0 Å². The number of hydrogen-bond donors (Lipinski definition) is 2. The van der Waals surface area contributed by atoms with Crippen molar-refractivity contribution >= 4 is 0 Å². The molecule has 0 bridgehead atoms. The molecule has 0 amide bonds. The Bertz CT molecular complexity index is 469. The lowest BCUT2D eigenvalue weighted by molar-refractivity contribution is 0.165. The third kappa shape index (κ3) is 11.5. The fraction of sp³-hybridized carbons (Fsp3) is 0.760. The van der Waals surface area contributed by atoms with Gasteiger partial charge in [-0.2, -0.15) is 0 Å². The van der Waals surface area contributed by atoms with Crippen LogP contribution in [0.25, 0.3) is 0 Å². The maximum absolute atomic E-state index is 10.1. The highest BCUT2D eigenvalue weighted by atomic mass is 16.5. The largest absolute Gasteiger partial charge is 0.504 e. The van der Waals surface area contributed by atoms with Crippen molar-refractivity contribution in [2.45, 2.75) is 123 Å². The van der Waals surface area contributed by atoms with Gasteiger partial charge in [0.05, 0.1) is 6.10 Å². The molecule has 0 fully saturated rings. The molecule has 2 N–H and O–H groups in total. The first-order valence-corrected chi connectivity index (χ1v) is 11.9. The molecule has 0 aliphatic carbocycles. The summed E-state index contributed by atoms with van der Waals surface area (Å²) in [6, 6.07) is 4.96. The van der Waals surface area contributed by atoms with Crippen LogP contribution in [0.2, 0.25) is 0 Å². The molecular weight excluding hydrogens is 348 g/mol. The summed E-state index contributed by atoms with van der Waals surface area (Å²) in [5.41, 5.74) is 0. The number of ether oxygens (including phenoxy) is 1. The average molecular weight is 393 g/mol. The monoisotopic (exact) mass is 392 g/mol. The Morgan fingerprint density at radius 2 is 1.14 bits per heavy atom. The third-order valence-corrected chi connectivity index (χ3v) is 5.53. The van der Waals surface area contributed by atoms with Crippen molar-refractivity contribution in [3.8, 4) is 17.2 Å². The average Bonchev–Trinajstić information content (AvgIpc) is 2.69. The van der Waals surface area contributed by atoms with Crippen LogP contribution in [-0.2, 0) is 0 Å². The van der Waals surface area contributed by atoms with E-state index in [-0.39, 0.29) is 17.6 Å². The number of phenolic OH excluding ortho intramolecular Hbond substituents is 2. The van der Waals surface area contributed by atoms with Crippen LogP contribution in [0.4, 0.5) is 0 Å². The first-order chi connectivity index (χ1) is 13.7. The lowest BCUT2D eigenvalue weighted by Gasteiger charge is -2.20. The van der Waals surface area contributed by atoms with Crippen molar-refractivity contribution < 1.29 is 14.9 Å². The maximum Gasteiger partial charge on any atom is 0.200 e. The van der Waals surface area contributed by atoms with Crippen molar-refractivity contribution in [3.05, 3.63) is 18.2 Å². The quantitative estimate of drug-likeness (QED) is 0.196. The third-order valence-electron chi connectivity index (χ3n) is 5.53. The van der Waals surface area contributed by atoms with Crippen molar-refractivity contribution in [2.75, 3.05) is 0 Å². The molecule has 0 aliphatic heterocycles. The van der Waals surface area contributed by atoms with Crippen LogP contribution in [0, 0.1) is 0 Å². The molecule has 0 unspecified atom stereocenters. The molecule has 0 heterocycles. The summed E-state index contributed by atoms with van der Waals surface area (Å²) in [6.45, 7) is 4.51. The Labute approximate surface area is 173 Å². The lowest BCUT2D eigenvalue weighted by Crippen LogP contribution is -2.16. The lowest BCUT2D eigenvalue weighted by atomic mass is 10.0. The van der Waals surface area contributed by atoms with Crippen LogP contribution in [0.1, 0.15) is 117 Å². The van der Waals surface area contributed by atoms with Crippen LogP contribution in [0.5, 0.6) is 17.2 Å². The minimum atomic E-state index is -0.133. The normalized spacial score (nSPS) is 11.2. The molecule has 1 aromatic carbocycles. The molecule has 3 heteroatoms. The van der Waals surface area contributed by atoms with Crippen molar-refractivity contribution in [2.24, 2.45) is 0 Å². The summed E-state index contributed by atoms with van der Waals surface area (Å²) < 4.78 is 6.11. The number of benzene rings is 1. The van der Waals surface area contributed by atoms with E-state index in [4.69, 9.17) is 4.74 Å². The van der Waals surface area contributed by atoms with E-state index in [2.05, 4.69) is 13.8 Å². The Hall–Kier alpha value is -1.38. The first-order valence-electron chi connectivity index (χ1n) is 11.9. The number of hydrogen-bond acceptors (Lipinski definition) is 3. The Morgan fingerprint density at radius 1 is 0.679 bits per heavy atom. The zero-order valence-electron chi connectivity index (χ0n) is 18.4. The molecule has 1 rings (SSSR count). The summed E-state index contributed by atoms with van der Waals surface area (Å²) in [7, 11) is 0. The Balaban J connectivity index is 2.37. The van der Waals surface area contributed by atoms with Gasteiger partial charge in [-0.1, -0.05) is 97.0 Å². The maximum atomic E-state index is 10.1. The van der Waals surface area contributed by atoms with E-state index in [0.717, 1.165) is 12.8 Å². The molecule has 3 nitrogen and oxygen atoms in total. The Morgan fingerprint density at radius 3 is 1.64 bits per heavy atom. The number of aromatic hydroxyl groups is 2. The summed E-state index contributed by atoms with van der Waals surface area (Å²) >= 11 is 0. The minimum absolute atomic E-state index is 0.108. The van der Waals surface area contributed by atoms with Gasteiger partial charge in [0.25, 0.3) is 0 Å². The molecule has 0 radical (unpaired) electrons. The zero-order valence-corrected chi connectivity index (χ0v) is 18.4. The topological polar surface area (TPSA) is 49.7 Å². The summed E-state index contributed by atoms with van der Waals surface area (Å²) in [4.78, 5) is 0. The van der Waals surface area contributed by atoms with Gasteiger partial charge >= 0.3 is 0 Å². The van der Waals surface area contributed by atoms with Crippen LogP contribution in [-0.4, -0.2) is 16.3 Å². The van der Waals surface area contributed by atoms with Gasteiger partial charge in [-0.05, 0) is 37.8 Å². The van der Waals surface area contributed by atoms with E-state index < -0.39 is 0 Å². The first kappa shape index (κ1) is 24.7. The van der Waals surface area contributed by atoms with E-state index in [0.29, 0.717) is 5.75 Å². The molecule has 0 saturated heterocycles. The second kappa shape index (κ2) is 16.6. The standard InChI is InChI=1S/C25H44O3/c1-3-5-7-9-11-13-15-18-22(19-16-14-12-10-8-6-4-2)28-24-21-17-20-23(26)25(24)27/h17,20-22,26-27H,3-16,18-19H2,1-2H3. The van der Waals surface area contributed by atoms with Crippen LogP contribution in [0.15, 0.2) is 18.2 Å². The zero-order chi connectivity index (χ0) is 20.5. The van der Waals surface area contributed by atoms with E-state index in [1.807, 2.05) is 0 Å². The van der Waals surface area contributed by atoms with E-state index in [9.17, 15) is 10.2 Å². The highest BCUT2D eigenvalue weighted by molar-refractivity contribution is 5.48. The van der Waals surface area contributed by atoms with Gasteiger partial charge in [-0.25, -0.2) is 0 Å². The van der Waals surface area contributed by atoms with Gasteiger partial charge in [-0.15, -0.1) is 0 Å². The van der Waals surface area contributed by atoms with Gasteiger partial charge < -0.3 is 14.9 Å².